The summed E-state index contributed by atoms with van der Waals surface area (Å²) in [6, 6.07) is 3.77. The number of rotatable bonds is 7. The van der Waals surface area contributed by atoms with Gasteiger partial charge in [0, 0.05) is 18.8 Å². The van der Waals surface area contributed by atoms with Crippen molar-refractivity contribution in [2.24, 2.45) is 0 Å². The Hall–Kier alpha value is -2.09. The number of hydrogen-bond donors (Lipinski definition) is 1. The summed E-state index contributed by atoms with van der Waals surface area (Å²) in [4.78, 5) is 27.5. The van der Waals surface area contributed by atoms with Crippen LogP contribution < -0.4 is 5.32 Å². The Bertz CT molecular complexity index is 601. The zero-order valence-electron chi connectivity index (χ0n) is 14.9. The molecule has 0 heterocycles. The van der Waals surface area contributed by atoms with Crippen LogP contribution in [-0.2, 0) is 15.8 Å². The van der Waals surface area contributed by atoms with Gasteiger partial charge in [0.2, 0.25) is 11.8 Å². The maximum absolute atomic E-state index is 12.7. The summed E-state index contributed by atoms with van der Waals surface area (Å²) in [6.45, 7) is 6.54. The monoisotopic (exact) mass is 359 g/mol. The number of anilines is 1. The molecule has 0 radical (unpaired) electrons. The first-order valence-corrected chi connectivity index (χ1v) is 8.06. The van der Waals surface area contributed by atoms with E-state index in [2.05, 4.69) is 5.32 Å². The molecule has 1 unspecified atom stereocenters. The number of nitrogens with one attached hydrogen (secondary N) is 1. The molecule has 2 amide bonds. The number of likely N-dealkylation sites (N-methyl/N-ethyl adjacent to an activating group) is 2. The Balaban J connectivity index is 2.72. The molecule has 0 bridgehead atoms. The van der Waals surface area contributed by atoms with Crippen LogP contribution in [0, 0.1) is 0 Å². The molecule has 0 saturated carbocycles. The molecule has 0 aromatic heterocycles. The van der Waals surface area contributed by atoms with Gasteiger partial charge in [-0.3, -0.25) is 14.5 Å². The minimum atomic E-state index is -4.47. The molecule has 1 atom stereocenters. The summed E-state index contributed by atoms with van der Waals surface area (Å²) in [6.07, 6.45) is -4.47. The summed E-state index contributed by atoms with van der Waals surface area (Å²) < 4.78 is 38.1. The van der Waals surface area contributed by atoms with E-state index in [1.54, 1.807) is 23.8 Å². The van der Waals surface area contributed by atoms with E-state index < -0.39 is 23.7 Å². The number of nitrogens with zero attached hydrogens (tertiary/aromatic N) is 2. The predicted octanol–water partition coefficient (Wildman–Crippen LogP) is 2.83. The predicted molar refractivity (Wildman–Crippen MR) is 90.1 cm³/mol. The second kappa shape index (κ2) is 8.84. The van der Waals surface area contributed by atoms with Crippen LogP contribution in [-0.4, -0.2) is 54.3 Å². The zero-order chi connectivity index (χ0) is 19.2. The van der Waals surface area contributed by atoms with Crippen molar-refractivity contribution in [3.05, 3.63) is 29.8 Å². The summed E-state index contributed by atoms with van der Waals surface area (Å²) in [5.41, 5.74) is -0.766. The zero-order valence-corrected chi connectivity index (χ0v) is 14.9. The number of carbonyl (C=O) groups excluding carboxylic acids is 2. The lowest BCUT2D eigenvalue weighted by Gasteiger charge is -2.26. The van der Waals surface area contributed by atoms with Gasteiger partial charge in [0.25, 0.3) is 0 Å². The topological polar surface area (TPSA) is 52.7 Å². The Labute approximate surface area is 145 Å². The Morgan fingerprint density at radius 2 is 1.80 bits per heavy atom. The van der Waals surface area contributed by atoms with E-state index in [9.17, 15) is 22.8 Å². The van der Waals surface area contributed by atoms with E-state index in [4.69, 9.17) is 0 Å². The van der Waals surface area contributed by atoms with Gasteiger partial charge in [0.1, 0.15) is 0 Å². The molecule has 5 nitrogen and oxygen atoms in total. The van der Waals surface area contributed by atoms with Crippen LogP contribution in [0.25, 0.3) is 0 Å². The molecular weight excluding hydrogens is 335 g/mol. The minimum absolute atomic E-state index is 0.0544. The van der Waals surface area contributed by atoms with Gasteiger partial charge in [-0.15, -0.1) is 0 Å². The molecule has 0 aliphatic rings. The molecular formula is C17H24F3N3O2. The molecule has 140 valence electrons. The van der Waals surface area contributed by atoms with Gasteiger partial charge < -0.3 is 10.2 Å². The molecule has 0 spiro atoms. The molecule has 1 aromatic rings. The summed E-state index contributed by atoms with van der Waals surface area (Å²) in [5.74, 6) is -0.583. The van der Waals surface area contributed by atoms with Gasteiger partial charge in [0.05, 0.1) is 18.2 Å². The first-order chi connectivity index (χ1) is 11.6. The van der Waals surface area contributed by atoms with E-state index in [0.717, 1.165) is 12.1 Å². The number of alkyl halides is 3. The number of benzene rings is 1. The molecule has 1 rings (SSSR count). The first kappa shape index (κ1) is 21.0. The van der Waals surface area contributed by atoms with E-state index in [1.165, 1.54) is 12.1 Å². The third-order valence-electron chi connectivity index (χ3n) is 4.00. The smallest absolute Gasteiger partial charge is 0.342 e. The highest BCUT2D eigenvalue weighted by Crippen LogP contribution is 2.30. The molecule has 25 heavy (non-hydrogen) atoms. The fraction of sp³-hybridized carbons (Fsp3) is 0.529. The van der Waals surface area contributed by atoms with Gasteiger partial charge in [-0.1, -0.05) is 6.07 Å². The van der Waals surface area contributed by atoms with Crippen LogP contribution in [0.1, 0.15) is 26.3 Å². The van der Waals surface area contributed by atoms with Crippen LogP contribution in [0.3, 0.4) is 0 Å². The van der Waals surface area contributed by atoms with Crippen molar-refractivity contribution in [1.82, 2.24) is 9.80 Å². The standard InChI is InChI=1S/C17H24F3N3O2/c1-5-23(6-2)15(24)11-22(4)12(3)16(25)21-14-9-7-8-13(10-14)17(18,19)20/h7-10,12H,5-6,11H2,1-4H3,(H,21,25). The SMILES string of the molecule is CCN(CC)C(=O)CN(C)C(C)C(=O)Nc1cccc(C(F)(F)F)c1. The van der Waals surface area contributed by atoms with E-state index >= 15 is 0 Å². The van der Waals surface area contributed by atoms with Crippen LogP contribution >= 0.6 is 0 Å². The van der Waals surface area contributed by atoms with Crippen molar-refractivity contribution in [3.8, 4) is 0 Å². The van der Waals surface area contributed by atoms with E-state index in [0.29, 0.717) is 13.1 Å². The lowest BCUT2D eigenvalue weighted by Crippen LogP contribution is -2.46. The van der Waals surface area contributed by atoms with Gasteiger partial charge in [-0.25, -0.2) is 0 Å². The largest absolute Gasteiger partial charge is 0.416 e. The normalized spacial score (nSPS) is 12.8. The van der Waals surface area contributed by atoms with E-state index in [1.807, 2.05) is 13.8 Å². The van der Waals surface area contributed by atoms with Crippen LogP contribution in [0.15, 0.2) is 24.3 Å². The molecule has 1 aromatic carbocycles. The fourth-order valence-electron chi connectivity index (χ4n) is 2.25. The molecule has 0 saturated heterocycles. The van der Waals surface area contributed by atoms with Gasteiger partial charge in [0.15, 0.2) is 0 Å². The lowest BCUT2D eigenvalue weighted by molar-refractivity contribution is -0.137. The highest BCUT2D eigenvalue weighted by atomic mass is 19.4. The average molecular weight is 359 g/mol. The molecule has 0 aliphatic carbocycles. The molecule has 1 N–H and O–H groups in total. The van der Waals surface area contributed by atoms with Crippen molar-refractivity contribution in [1.29, 1.82) is 0 Å². The van der Waals surface area contributed by atoms with Crippen LogP contribution in [0.5, 0.6) is 0 Å². The number of amides is 2. The third kappa shape index (κ3) is 6.04. The van der Waals surface area contributed by atoms with Gasteiger partial charge >= 0.3 is 6.18 Å². The maximum atomic E-state index is 12.7. The van der Waals surface area contributed by atoms with E-state index in [-0.39, 0.29) is 18.1 Å². The Morgan fingerprint density at radius 3 is 2.32 bits per heavy atom. The van der Waals surface area contributed by atoms with Crippen LogP contribution in [0.4, 0.5) is 18.9 Å². The maximum Gasteiger partial charge on any atom is 0.416 e. The molecule has 8 heteroatoms. The number of hydrogen-bond acceptors (Lipinski definition) is 3. The fourth-order valence-corrected chi connectivity index (χ4v) is 2.25. The molecule has 0 aliphatic heterocycles. The second-order valence-electron chi connectivity index (χ2n) is 5.72. The number of carbonyl (C=O) groups is 2. The van der Waals surface area contributed by atoms with Gasteiger partial charge in [-0.2, -0.15) is 13.2 Å². The van der Waals surface area contributed by atoms with Crippen molar-refractivity contribution < 1.29 is 22.8 Å². The Kier molecular flexibility index (Phi) is 7.41. The highest BCUT2D eigenvalue weighted by molar-refractivity contribution is 5.95. The highest BCUT2D eigenvalue weighted by Gasteiger charge is 2.30. The van der Waals surface area contributed by atoms with Crippen LogP contribution in [0.2, 0.25) is 0 Å². The van der Waals surface area contributed by atoms with Crippen molar-refractivity contribution in [2.45, 2.75) is 33.0 Å². The summed E-state index contributed by atoms with van der Waals surface area (Å²) >= 11 is 0. The number of halogens is 3. The first-order valence-electron chi connectivity index (χ1n) is 8.06. The minimum Gasteiger partial charge on any atom is -0.342 e. The summed E-state index contributed by atoms with van der Waals surface area (Å²) in [5, 5.41) is 2.46. The lowest BCUT2D eigenvalue weighted by atomic mass is 10.2. The second-order valence-corrected chi connectivity index (χ2v) is 5.72. The van der Waals surface area contributed by atoms with Crippen molar-refractivity contribution in [3.63, 3.8) is 0 Å². The van der Waals surface area contributed by atoms with Crippen molar-refractivity contribution in [2.75, 3.05) is 32.0 Å². The molecule has 0 fully saturated rings. The van der Waals surface area contributed by atoms with Gasteiger partial charge in [-0.05, 0) is 46.0 Å². The van der Waals surface area contributed by atoms with Crippen molar-refractivity contribution >= 4 is 17.5 Å². The third-order valence-corrected chi connectivity index (χ3v) is 4.00. The summed E-state index contributed by atoms with van der Waals surface area (Å²) in [7, 11) is 1.62. The quantitative estimate of drug-likeness (QED) is 0.815. The Morgan fingerprint density at radius 1 is 1.20 bits per heavy atom. The average Bonchev–Trinajstić information content (AvgIpc) is 2.54.